The fourth-order valence-corrected chi connectivity index (χ4v) is 2.47. The van der Waals surface area contributed by atoms with Crippen molar-refractivity contribution >= 4 is 15.7 Å². The molecule has 0 aliphatic heterocycles. The summed E-state index contributed by atoms with van der Waals surface area (Å²) in [4.78, 5) is 0. The van der Waals surface area contributed by atoms with Crippen LogP contribution in [0.4, 0.5) is 5.69 Å². The van der Waals surface area contributed by atoms with E-state index in [1.807, 2.05) is 6.92 Å². The predicted octanol–water partition coefficient (Wildman–Crippen LogP) is 0.810. The van der Waals surface area contributed by atoms with Crippen LogP contribution in [0.15, 0.2) is 24.3 Å². The summed E-state index contributed by atoms with van der Waals surface area (Å²) in [5.74, 6) is 0.550. The van der Waals surface area contributed by atoms with Gasteiger partial charge < -0.3 is 10.5 Å². The molecule has 0 aromatic heterocycles. The third-order valence-electron chi connectivity index (χ3n) is 2.17. The molecule has 0 aliphatic carbocycles. The van der Waals surface area contributed by atoms with Gasteiger partial charge >= 0.3 is 0 Å². The lowest BCUT2D eigenvalue weighted by Gasteiger charge is -2.23. The number of ether oxygens (including phenoxy) is 1. The molecule has 1 aromatic rings. The van der Waals surface area contributed by atoms with Crippen LogP contribution in [-0.2, 0) is 10.0 Å². The largest absolute Gasteiger partial charge is 0.492 e. The van der Waals surface area contributed by atoms with E-state index in [9.17, 15) is 8.42 Å². The minimum absolute atomic E-state index is 0.239. The number of hydrogen-bond acceptors (Lipinski definition) is 4. The molecule has 0 aliphatic rings. The zero-order valence-corrected chi connectivity index (χ0v) is 10.9. The Morgan fingerprint density at radius 1 is 1.35 bits per heavy atom. The Balaban J connectivity index is 3.18. The summed E-state index contributed by atoms with van der Waals surface area (Å²) >= 11 is 0. The van der Waals surface area contributed by atoms with Crippen molar-refractivity contribution in [2.45, 2.75) is 6.92 Å². The maximum absolute atomic E-state index is 11.7. The van der Waals surface area contributed by atoms with Crippen molar-refractivity contribution in [1.29, 1.82) is 0 Å². The lowest BCUT2D eigenvalue weighted by Crippen LogP contribution is -2.34. The number of sulfonamides is 1. The lowest BCUT2D eigenvalue weighted by molar-refractivity contribution is 0.341. The Hall–Kier alpha value is -1.27. The number of nitrogens with two attached hydrogens (primary N) is 1. The minimum Gasteiger partial charge on any atom is -0.492 e. The maximum atomic E-state index is 11.7. The molecule has 0 amide bonds. The van der Waals surface area contributed by atoms with Gasteiger partial charge in [-0.05, 0) is 19.1 Å². The van der Waals surface area contributed by atoms with E-state index in [1.54, 1.807) is 24.3 Å². The Morgan fingerprint density at radius 2 is 2.00 bits per heavy atom. The molecule has 96 valence electrons. The van der Waals surface area contributed by atoms with Crippen LogP contribution in [0.2, 0.25) is 0 Å². The molecule has 0 saturated heterocycles. The fraction of sp³-hybridized carbons (Fsp3) is 0.455. The third kappa shape index (κ3) is 3.61. The average Bonchev–Trinajstić information content (AvgIpc) is 2.26. The topological polar surface area (TPSA) is 72.6 Å². The molecule has 0 heterocycles. The maximum Gasteiger partial charge on any atom is 0.232 e. The van der Waals surface area contributed by atoms with Crippen molar-refractivity contribution in [2.75, 3.05) is 30.3 Å². The Kier molecular flexibility index (Phi) is 4.77. The van der Waals surface area contributed by atoms with Crippen LogP contribution >= 0.6 is 0 Å². The van der Waals surface area contributed by atoms with E-state index in [0.717, 1.165) is 6.26 Å². The normalized spacial score (nSPS) is 11.2. The van der Waals surface area contributed by atoms with Crippen molar-refractivity contribution in [3.05, 3.63) is 24.3 Å². The average molecular weight is 258 g/mol. The van der Waals surface area contributed by atoms with Crippen molar-refractivity contribution < 1.29 is 13.2 Å². The van der Waals surface area contributed by atoms with Gasteiger partial charge in [-0.25, -0.2) is 8.42 Å². The molecule has 0 saturated carbocycles. The Bertz CT molecular complexity index is 460. The molecule has 0 spiro atoms. The number of para-hydroxylation sites is 2. The van der Waals surface area contributed by atoms with Gasteiger partial charge in [0.15, 0.2) is 0 Å². The first-order chi connectivity index (χ1) is 8.00. The van der Waals surface area contributed by atoms with Crippen LogP contribution in [0, 0.1) is 0 Å². The summed E-state index contributed by atoms with van der Waals surface area (Å²) in [6, 6.07) is 7.03. The van der Waals surface area contributed by atoms with Crippen LogP contribution in [0.25, 0.3) is 0 Å². The van der Waals surface area contributed by atoms with Gasteiger partial charge in [-0.2, -0.15) is 0 Å². The monoisotopic (exact) mass is 258 g/mol. The van der Waals surface area contributed by atoms with E-state index >= 15 is 0 Å². The molecule has 2 N–H and O–H groups in total. The van der Waals surface area contributed by atoms with Crippen molar-refractivity contribution in [3.8, 4) is 5.75 Å². The zero-order valence-electron chi connectivity index (χ0n) is 10.1. The summed E-state index contributed by atoms with van der Waals surface area (Å²) in [7, 11) is -3.35. The van der Waals surface area contributed by atoms with E-state index in [4.69, 9.17) is 10.5 Å². The van der Waals surface area contributed by atoms with Gasteiger partial charge in [-0.1, -0.05) is 12.1 Å². The summed E-state index contributed by atoms with van der Waals surface area (Å²) < 4.78 is 30.1. The first kappa shape index (κ1) is 13.8. The molecule has 0 bridgehead atoms. The molecule has 0 fully saturated rings. The van der Waals surface area contributed by atoms with Gasteiger partial charge in [-0.3, -0.25) is 4.31 Å². The van der Waals surface area contributed by atoms with Gasteiger partial charge in [0.2, 0.25) is 10.0 Å². The molecule has 0 atom stereocenters. The van der Waals surface area contributed by atoms with E-state index in [0.29, 0.717) is 18.0 Å². The highest BCUT2D eigenvalue weighted by Gasteiger charge is 2.19. The Labute approximate surface area is 102 Å². The number of anilines is 1. The number of hydrogen-bond donors (Lipinski definition) is 1. The standard InChI is InChI=1S/C11H18N2O3S/c1-3-16-11-7-5-4-6-10(11)13(9-8-12)17(2,14)15/h4-7H,3,8-9,12H2,1-2H3. The highest BCUT2D eigenvalue weighted by Crippen LogP contribution is 2.29. The van der Waals surface area contributed by atoms with Gasteiger partial charge in [0.25, 0.3) is 0 Å². The van der Waals surface area contributed by atoms with Crippen molar-refractivity contribution in [2.24, 2.45) is 5.73 Å². The molecule has 5 nitrogen and oxygen atoms in total. The van der Waals surface area contributed by atoms with E-state index in [2.05, 4.69) is 0 Å². The predicted molar refractivity (Wildman–Crippen MR) is 68.9 cm³/mol. The minimum atomic E-state index is -3.35. The first-order valence-corrected chi connectivity index (χ1v) is 7.25. The molecule has 1 aromatic carbocycles. The van der Waals surface area contributed by atoms with Crippen LogP contribution in [-0.4, -0.2) is 34.4 Å². The van der Waals surface area contributed by atoms with Gasteiger partial charge in [0, 0.05) is 13.1 Å². The second-order valence-electron chi connectivity index (χ2n) is 3.52. The van der Waals surface area contributed by atoms with E-state index in [1.165, 1.54) is 4.31 Å². The molecule has 1 rings (SSSR count). The molecule has 0 radical (unpaired) electrons. The molecular weight excluding hydrogens is 240 g/mol. The van der Waals surface area contributed by atoms with Crippen LogP contribution in [0.1, 0.15) is 6.92 Å². The van der Waals surface area contributed by atoms with Crippen LogP contribution in [0.3, 0.4) is 0 Å². The van der Waals surface area contributed by atoms with Crippen molar-refractivity contribution in [1.82, 2.24) is 0 Å². The van der Waals surface area contributed by atoms with Gasteiger partial charge in [-0.15, -0.1) is 0 Å². The smallest absolute Gasteiger partial charge is 0.232 e. The van der Waals surface area contributed by atoms with Crippen LogP contribution in [0.5, 0.6) is 5.75 Å². The third-order valence-corrected chi connectivity index (χ3v) is 3.35. The highest BCUT2D eigenvalue weighted by atomic mass is 32.2. The molecular formula is C11H18N2O3S. The van der Waals surface area contributed by atoms with E-state index < -0.39 is 10.0 Å². The second-order valence-corrected chi connectivity index (χ2v) is 5.43. The Morgan fingerprint density at radius 3 is 2.53 bits per heavy atom. The highest BCUT2D eigenvalue weighted by molar-refractivity contribution is 7.92. The fourth-order valence-electron chi connectivity index (χ4n) is 1.52. The van der Waals surface area contributed by atoms with Crippen LogP contribution < -0.4 is 14.8 Å². The van der Waals surface area contributed by atoms with Crippen molar-refractivity contribution in [3.63, 3.8) is 0 Å². The number of rotatable bonds is 6. The summed E-state index contributed by atoms with van der Waals surface area (Å²) in [5, 5.41) is 0. The van der Waals surface area contributed by atoms with Gasteiger partial charge in [0.1, 0.15) is 5.75 Å². The van der Waals surface area contributed by atoms with E-state index in [-0.39, 0.29) is 13.1 Å². The second kappa shape index (κ2) is 5.88. The molecule has 17 heavy (non-hydrogen) atoms. The lowest BCUT2D eigenvalue weighted by atomic mass is 10.3. The number of nitrogens with zero attached hydrogens (tertiary/aromatic N) is 1. The summed E-state index contributed by atoms with van der Waals surface area (Å²) in [5.41, 5.74) is 5.97. The quantitative estimate of drug-likeness (QED) is 0.819. The number of benzene rings is 1. The first-order valence-electron chi connectivity index (χ1n) is 5.40. The summed E-state index contributed by atoms with van der Waals surface area (Å²) in [6.45, 7) is 2.83. The molecule has 6 heteroatoms. The zero-order chi connectivity index (χ0) is 12.9. The van der Waals surface area contributed by atoms with Gasteiger partial charge in [0.05, 0.1) is 18.6 Å². The summed E-state index contributed by atoms with van der Waals surface area (Å²) in [6.07, 6.45) is 1.16. The molecule has 0 unspecified atom stereocenters. The SMILES string of the molecule is CCOc1ccccc1N(CCN)S(C)(=O)=O.